The molecule has 0 radical (unpaired) electrons. The molecule has 0 fully saturated rings. The van der Waals surface area contributed by atoms with Crippen molar-refractivity contribution in [2.24, 2.45) is 0 Å². The molecule has 2 rings (SSSR count). The van der Waals surface area contributed by atoms with Crippen LogP contribution in [0.15, 0.2) is 22.2 Å². The number of thiazole rings is 1. The van der Waals surface area contributed by atoms with E-state index in [-0.39, 0.29) is 0 Å². The van der Waals surface area contributed by atoms with Gasteiger partial charge in [-0.2, -0.15) is 11.3 Å². The molecule has 0 saturated carbocycles. The van der Waals surface area contributed by atoms with Gasteiger partial charge in [0.2, 0.25) is 0 Å². The molecule has 2 aromatic rings. The summed E-state index contributed by atoms with van der Waals surface area (Å²) >= 11 is 3.40. The average molecular weight is 253 g/mol. The predicted octanol–water partition coefficient (Wildman–Crippen LogP) is 2.88. The van der Waals surface area contributed by atoms with Crippen molar-refractivity contribution in [1.82, 2.24) is 9.88 Å². The molecule has 2 heterocycles. The highest BCUT2D eigenvalue weighted by atomic mass is 32.1. The SMILES string of the molecule is CNc1nc(CN(C)Cc2ccsc2)cs1. The molecule has 0 aliphatic rings. The molecule has 0 aliphatic heterocycles. The van der Waals surface area contributed by atoms with Crippen molar-refractivity contribution >= 4 is 27.8 Å². The third kappa shape index (κ3) is 3.04. The van der Waals surface area contributed by atoms with E-state index in [0.29, 0.717) is 0 Å². The van der Waals surface area contributed by atoms with Gasteiger partial charge in [0.25, 0.3) is 0 Å². The summed E-state index contributed by atoms with van der Waals surface area (Å²) in [4.78, 5) is 6.74. The van der Waals surface area contributed by atoms with Crippen LogP contribution in [0.25, 0.3) is 0 Å². The monoisotopic (exact) mass is 253 g/mol. The third-order valence-corrected chi connectivity index (χ3v) is 3.87. The van der Waals surface area contributed by atoms with Crippen LogP contribution in [0.2, 0.25) is 0 Å². The van der Waals surface area contributed by atoms with Crippen molar-refractivity contribution in [1.29, 1.82) is 0 Å². The zero-order valence-electron chi connectivity index (χ0n) is 9.43. The molecule has 3 nitrogen and oxygen atoms in total. The molecule has 0 atom stereocenters. The molecule has 0 bridgehead atoms. The van der Waals surface area contributed by atoms with Crippen molar-refractivity contribution in [3.63, 3.8) is 0 Å². The van der Waals surface area contributed by atoms with E-state index in [1.54, 1.807) is 22.7 Å². The highest BCUT2D eigenvalue weighted by molar-refractivity contribution is 7.13. The molecular weight excluding hydrogens is 238 g/mol. The normalized spacial score (nSPS) is 10.9. The number of anilines is 1. The van der Waals surface area contributed by atoms with Crippen LogP contribution in [0, 0.1) is 0 Å². The standard InChI is InChI=1S/C11H15N3S2/c1-12-11-13-10(8-16-11)6-14(2)5-9-3-4-15-7-9/h3-4,7-8H,5-6H2,1-2H3,(H,12,13). The van der Waals surface area contributed by atoms with Crippen LogP contribution in [0.1, 0.15) is 11.3 Å². The Morgan fingerprint density at radius 1 is 1.38 bits per heavy atom. The number of hydrogen-bond donors (Lipinski definition) is 1. The van der Waals surface area contributed by atoms with Gasteiger partial charge in [-0.1, -0.05) is 0 Å². The fourth-order valence-electron chi connectivity index (χ4n) is 1.52. The minimum Gasteiger partial charge on any atom is -0.365 e. The van der Waals surface area contributed by atoms with E-state index >= 15 is 0 Å². The van der Waals surface area contributed by atoms with Crippen molar-refractivity contribution in [3.05, 3.63) is 33.5 Å². The maximum atomic E-state index is 4.47. The highest BCUT2D eigenvalue weighted by Crippen LogP contribution is 2.16. The Labute approximate surface area is 104 Å². The van der Waals surface area contributed by atoms with Gasteiger partial charge >= 0.3 is 0 Å². The van der Waals surface area contributed by atoms with Crippen molar-refractivity contribution in [2.75, 3.05) is 19.4 Å². The van der Waals surface area contributed by atoms with E-state index in [4.69, 9.17) is 0 Å². The Morgan fingerprint density at radius 2 is 2.25 bits per heavy atom. The van der Waals surface area contributed by atoms with Gasteiger partial charge in [-0.3, -0.25) is 4.90 Å². The van der Waals surface area contributed by atoms with Gasteiger partial charge in [-0.05, 0) is 29.4 Å². The van der Waals surface area contributed by atoms with Gasteiger partial charge in [0.05, 0.1) is 5.69 Å². The zero-order valence-corrected chi connectivity index (χ0v) is 11.1. The Morgan fingerprint density at radius 3 is 2.88 bits per heavy atom. The Bertz CT molecular complexity index is 422. The lowest BCUT2D eigenvalue weighted by molar-refractivity contribution is 0.316. The lowest BCUT2D eigenvalue weighted by Gasteiger charge is -2.13. The van der Waals surface area contributed by atoms with Crippen LogP contribution in [-0.2, 0) is 13.1 Å². The first kappa shape index (κ1) is 11.6. The van der Waals surface area contributed by atoms with E-state index < -0.39 is 0 Å². The lowest BCUT2D eigenvalue weighted by atomic mass is 10.3. The number of nitrogens with one attached hydrogen (secondary N) is 1. The fraction of sp³-hybridized carbons (Fsp3) is 0.364. The van der Waals surface area contributed by atoms with Crippen molar-refractivity contribution in [3.8, 4) is 0 Å². The van der Waals surface area contributed by atoms with E-state index in [1.807, 2.05) is 7.05 Å². The summed E-state index contributed by atoms with van der Waals surface area (Å²) in [6.07, 6.45) is 0. The fourth-order valence-corrected chi connectivity index (χ4v) is 2.84. The average Bonchev–Trinajstić information content (AvgIpc) is 2.89. The number of aromatic nitrogens is 1. The van der Waals surface area contributed by atoms with Crippen molar-refractivity contribution < 1.29 is 0 Å². The van der Waals surface area contributed by atoms with Crippen LogP contribution in [-0.4, -0.2) is 24.0 Å². The first-order valence-corrected chi connectivity index (χ1v) is 6.92. The minimum atomic E-state index is 0.897. The molecule has 0 unspecified atom stereocenters. The second-order valence-electron chi connectivity index (χ2n) is 3.70. The molecular formula is C11H15N3S2. The molecule has 2 aromatic heterocycles. The first-order chi connectivity index (χ1) is 7.78. The van der Waals surface area contributed by atoms with Gasteiger partial charge in [-0.15, -0.1) is 11.3 Å². The highest BCUT2D eigenvalue weighted by Gasteiger charge is 2.05. The van der Waals surface area contributed by atoms with Crippen LogP contribution >= 0.6 is 22.7 Å². The van der Waals surface area contributed by atoms with Gasteiger partial charge < -0.3 is 5.32 Å². The summed E-state index contributed by atoms with van der Waals surface area (Å²) in [5.41, 5.74) is 2.50. The van der Waals surface area contributed by atoms with Gasteiger partial charge in [-0.25, -0.2) is 4.98 Å². The zero-order chi connectivity index (χ0) is 11.4. The summed E-state index contributed by atoms with van der Waals surface area (Å²) in [6.45, 7) is 1.88. The van der Waals surface area contributed by atoms with E-state index in [9.17, 15) is 0 Å². The Balaban J connectivity index is 1.89. The number of rotatable bonds is 5. The van der Waals surface area contributed by atoms with E-state index in [1.165, 1.54) is 5.56 Å². The molecule has 0 aliphatic carbocycles. The summed E-state index contributed by atoms with van der Waals surface area (Å²) < 4.78 is 0. The molecule has 1 N–H and O–H groups in total. The van der Waals surface area contributed by atoms with E-state index in [2.05, 4.69) is 44.5 Å². The molecule has 0 spiro atoms. The second kappa shape index (κ2) is 5.43. The number of hydrogen-bond acceptors (Lipinski definition) is 5. The maximum Gasteiger partial charge on any atom is 0.182 e. The second-order valence-corrected chi connectivity index (χ2v) is 5.34. The smallest absolute Gasteiger partial charge is 0.182 e. The maximum absolute atomic E-state index is 4.47. The van der Waals surface area contributed by atoms with Gasteiger partial charge in [0.15, 0.2) is 5.13 Å². The summed E-state index contributed by atoms with van der Waals surface area (Å²) in [5, 5.41) is 10.5. The molecule has 0 saturated heterocycles. The number of thiophene rings is 1. The topological polar surface area (TPSA) is 28.2 Å². The van der Waals surface area contributed by atoms with Crippen molar-refractivity contribution in [2.45, 2.75) is 13.1 Å². The third-order valence-electron chi connectivity index (χ3n) is 2.23. The molecule has 0 amide bonds. The molecule has 0 aromatic carbocycles. The summed E-state index contributed by atoms with van der Waals surface area (Å²) in [6, 6.07) is 2.17. The van der Waals surface area contributed by atoms with Crippen LogP contribution < -0.4 is 5.32 Å². The Kier molecular flexibility index (Phi) is 3.93. The largest absolute Gasteiger partial charge is 0.365 e. The predicted molar refractivity (Wildman–Crippen MR) is 71.2 cm³/mol. The minimum absolute atomic E-state index is 0.897. The molecule has 16 heavy (non-hydrogen) atoms. The summed E-state index contributed by atoms with van der Waals surface area (Å²) in [7, 11) is 4.02. The lowest BCUT2D eigenvalue weighted by Crippen LogP contribution is -2.17. The quantitative estimate of drug-likeness (QED) is 0.888. The van der Waals surface area contributed by atoms with Crippen LogP contribution in [0.3, 0.4) is 0 Å². The number of nitrogens with zero attached hydrogens (tertiary/aromatic N) is 2. The van der Waals surface area contributed by atoms with Gasteiger partial charge in [0, 0.05) is 25.5 Å². The van der Waals surface area contributed by atoms with E-state index in [0.717, 1.165) is 23.9 Å². The van der Waals surface area contributed by atoms with Gasteiger partial charge in [0.1, 0.15) is 0 Å². The molecule has 5 heteroatoms. The van der Waals surface area contributed by atoms with Crippen LogP contribution in [0.5, 0.6) is 0 Å². The molecule has 86 valence electrons. The first-order valence-electron chi connectivity index (χ1n) is 5.09. The summed E-state index contributed by atoms with van der Waals surface area (Å²) in [5.74, 6) is 0. The Hall–Kier alpha value is -0.910. The van der Waals surface area contributed by atoms with Crippen LogP contribution in [0.4, 0.5) is 5.13 Å².